The van der Waals surface area contributed by atoms with Crippen molar-refractivity contribution in [1.29, 1.82) is 0 Å². The minimum atomic E-state index is -4.07. The van der Waals surface area contributed by atoms with Crippen molar-refractivity contribution in [2.24, 2.45) is 5.92 Å². The Morgan fingerprint density at radius 2 is 2.00 bits per heavy atom. The Balaban J connectivity index is 0. The average molecular weight is 195 g/mol. The molecule has 0 aromatic rings. The van der Waals surface area contributed by atoms with E-state index in [1.165, 1.54) is 0 Å². The van der Waals surface area contributed by atoms with E-state index in [2.05, 4.69) is 0 Å². The van der Waals surface area contributed by atoms with Gasteiger partial charge in [0.2, 0.25) is 0 Å². The zero-order valence-corrected chi connectivity index (χ0v) is 9.57. The Labute approximate surface area is 88.2 Å². The second-order valence-electron chi connectivity index (χ2n) is 1.98. The standard InChI is InChI=1S/C4H9ClO3S.Na/c1-4(2-5)3-9(6,7)8;/h4H,2-3H2,1H3,(H,6,7,8);/q;+1/p-1. The van der Waals surface area contributed by atoms with Crippen LogP contribution in [0.3, 0.4) is 0 Å². The Kier molecular flexibility index (Phi) is 7.99. The molecule has 3 nitrogen and oxygen atoms in total. The van der Waals surface area contributed by atoms with Crippen LogP contribution in [0.2, 0.25) is 0 Å². The predicted molar refractivity (Wildman–Crippen MR) is 34.4 cm³/mol. The van der Waals surface area contributed by atoms with Crippen molar-refractivity contribution in [3.05, 3.63) is 0 Å². The second-order valence-corrected chi connectivity index (χ2v) is 3.74. The maximum atomic E-state index is 9.99. The number of hydrogen-bond acceptors (Lipinski definition) is 3. The summed E-state index contributed by atoms with van der Waals surface area (Å²) in [5, 5.41) is 0. The van der Waals surface area contributed by atoms with Crippen LogP contribution in [0.1, 0.15) is 6.92 Å². The molecule has 0 saturated carbocycles. The van der Waals surface area contributed by atoms with Crippen molar-refractivity contribution in [1.82, 2.24) is 0 Å². The molecule has 0 amide bonds. The van der Waals surface area contributed by atoms with Gasteiger partial charge in [-0.15, -0.1) is 11.6 Å². The molecule has 0 rings (SSSR count). The molecule has 0 bridgehead atoms. The summed E-state index contributed by atoms with van der Waals surface area (Å²) in [6, 6.07) is 0. The zero-order chi connectivity index (χ0) is 7.49. The number of alkyl halides is 1. The molecule has 0 saturated heterocycles. The molecule has 0 aromatic heterocycles. The van der Waals surface area contributed by atoms with Crippen LogP contribution in [-0.4, -0.2) is 24.6 Å². The number of rotatable bonds is 3. The minimum Gasteiger partial charge on any atom is -0.748 e. The quantitative estimate of drug-likeness (QED) is 0.282. The van der Waals surface area contributed by atoms with Gasteiger partial charge in [-0.05, 0) is 5.92 Å². The SMILES string of the molecule is CC(CCl)CS(=O)(=O)[O-].[Na+]. The van der Waals surface area contributed by atoms with E-state index in [4.69, 9.17) is 11.6 Å². The van der Waals surface area contributed by atoms with E-state index < -0.39 is 10.1 Å². The van der Waals surface area contributed by atoms with Gasteiger partial charge in [0.15, 0.2) is 0 Å². The van der Waals surface area contributed by atoms with E-state index in [0.717, 1.165) is 0 Å². The van der Waals surface area contributed by atoms with Gasteiger partial charge in [0.1, 0.15) is 0 Å². The third-order valence-corrected chi connectivity index (χ3v) is 2.26. The van der Waals surface area contributed by atoms with Crippen LogP contribution in [0.25, 0.3) is 0 Å². The third-order valence-electron chi connectivity index (χ3n) is 0.752. The van der Waals surface area contributed by atoms with Gasteiger partial charge in [-0.2, -0.15) is 0 Å². The summed E-state index contributed by atoms with van der Waals surface area (Å²) in [5.41, 5.74) is 0. The molecule has 1 atom stereocenters. The second kappa shape index (κ2) is 5.80. The Hall–Kier alpha value is 1.20. The molecule has 56 valence electrons. The molecule has 0 fully saturated rings. The van der Waals surface area contributed by atoms with Crippen molar-refractivity contribution < 1.29 is 42.5 Å². The maximum Gasteiger partial charge on any atom is 1.00 e. The first kappa shape index (κ1) is 13.8. The summed E-state index contributed by atoms with van der Waals surface area (Å²) in [6.45, 7) is 1.61. The number of halogens is 1. The van der Waals surface area contributed by atoms with Crippen molar-refractivity contribution in [2.45, 2.75) is 6.92 Å². The molecule has 0 radical (unpaired) electrons. The van der Waals surface area contributed by atoms with Gasteiger partial charge in [-0.1, -0.05) is 6.92 Å². The summed E-state index contributed by atoms with van der Waals surface area (Å²) >= 11 is 5.25. The number of hydrogen-bond donors (Lipinski definition) is 0. The normalized spacial score (nSPS) is 13.9. The fourth-order valence-corrected chi connectivity index (χ4v) is 1.45. The largest absolute Gasteiger partial charge is 1.00 e. The molecule has 0 aliphatic rings. The van der Waals surface area contributed by atoms with Gasteiger partial charge in [0.25, 0.3) is 0 Å². The summed E-state index contributed by atoms with van der Waals surface area (Å²) in [7, 11) is -4.07. The molecule has 1 unspecified atom stereocenters. The molecular formula is C4H8ClNaO3S. The molecule has 10 heavy (non-hydrogen) atoms. The molecule has 6 heteroatoms. The van der Waals surface area contributed by atoms with Gasteiger partial charge in [0, 0.05) is 11.6 Å². The van der Waals surface area contributed by atoms with Gasteiger partial charge in [-0.3, -0.25) is 0 Å². The molecule has 0 aliphatic carbocycles. The first-order valence-corrected chi connectivity index (χ1v) is 4.56. The van der Waals surface area contributed by atoms with Crippen molar-refractivity contribution in [2.75, 3.05) is 11.6 Å². The first-order chi connectivity index (χ1) is 3.95. The zero-order valence-electron chi connectivity index (χ0n) is 6.00. The Morgan fingerprint density at radius 1 is 1.60 bits per heavy atom. The van der Waals surface area contributed by atoms with Crippen LogP contribution in [0.15, 0.2) is 0 Å². The summed E-state index contributed by atoms with van der Waals surface area (Å²) in [5.74, 6) is -0.396. The van der Waals surface area contributed by atoms with Crippen LogP contribution in [-0.2, 0) is 10.1 Å². The monoisotopic (exact) mass is 194 g/mol. The summed E-state index contributed by atoms with van der Waals surface area (Å²) < 4.78 is 30.0. The Morgan fingerprint density at radius 3 is 2.10 bits per heavy atom. The van der Waals surface area contributed by atoms with Gasteiger partial charge in [-0.25, -0.2) is 8.42 Å². The summed E-state index contributed by atoms with van der Waals surface area (Å²) in [6.07, 6.45) is 0. The third kappa shape index (κ3) is 9.20. The molecular weight excluding hydrogens is 187 g/mol. The van der Waals surface area contributed by atoms with Gasteiger partial charge in [0.05, 0.1) is 10.1 Å². The van der Waals surface area contributed by atoms with E-state index >= 15 is 0 Å². The van der Waals surface area contributed by atoms with E-state index in [0.29, 0.717) is 0 Å². The van der Waals surface area contributed by atoms with E-state index in [9.17, 15) is 13.0 Å². The van der Waals surface area contributed by atoms with Crippen LogP contribution in [0, 0.1) is 5.92 Å². The topological polar surface area (TPSA) is 57.2 Å². The predicted octanol–water partition coefficient (Wildman–Crippen LogP) is -2.59. The van der Waals surface area contributed by atoms with Crippen LogP contribution >= 0.6 is 11.6 Å². The summed E-state index contributed by atoms with van der Waals surface area (Å²) in [4.78, 5) is 0. The van der Waals surface area contributed by atoms with Crippen LogP contribution in [0.5, 0.6) is 0 Å². The fraction of sp³-hybridized carbons (Fsp3) is 1.00. The average Bonchev–Trinajstić information content (AvgIpc) is 1.62. The van der Waals surface area contributed by atoms with Crippen molar-refractivity contribution in [3.63, 3.8) is 0 Å². The molecule has 0 heterocycles. The first-order valence-electron chi connectivity index (χ1n) is 2.45. The molecule has 0 N–H and O–H groups in total. The molecule has 0 aromatic carbocycles. The molecule has 0 spiro atoms. The van der Waals surface area contributed by atoms with E-state index in [1.54, 1.807) is 6.92 Å². The van der Waals surface area contributed by atoms with Crippen LogP contribution in [0.4, 0.5) is 0 Å². The van der Waals surface area contributed by atoms with Crippen molar-refractivity contribution in [3.8, 4) is 0 Å². The fourth-order valence-electron chi connectivity index (χ4n) is 0.393. The van der Waals surface area contributed by atoms with Gasteiger partial charge >= 0.3 is 29.6 Å². The molecule has 0 aliphatic heterocycles. The van der Waals surface area contributed by atoms with Gasteiger partial charge < -0.3 is 4.55 Å². The van der Waals surface area contributed by atoms with Crippen molar-refractivity contribution >= 4 is 21.7 Å². The smallest absolute Gasteiger partial charge is 0.748 e. The van der Waals surface area contributed by atoms with Crippen LogP contribution < -0.4 is 29.6 Å². The van der Waals surface area contributed by atoms with E-state index in [1.807, 2.05) is 0 Å². The minimum absolute atomic E-state index is 0. The van der Waals surface area contributed by atoms with E-state index in [-0.39, 0.29) is 47.1 Å². The Bertz CT molecular complexity index is 167. The maximum absolute atomic E-state index is 9.99.